The van der Waals surface area contributed by atoms with Crippen LogP contribution in [-0.2, 0) is 11.2 Å². The van der Waals surface area contributed by atoms with Gasteiger partial charge < -0.3 is 15.0 Å². The highest BCUT2D eigenvalue weighted by molar-refractivity contribution is 7.99. The molecule has 0 atom stereocenters. The third kappa shape index (κ3) is 4.92. The number of hydrogen-bond acceptors (Lipinski definition) is 5. The topological polar surface area (TPSA) is 84.1 Å². The molecule has 1 heterocycles. The number of hydrogen-bond donors (Lipinski definition) is 2. The molecule has 0 saturated heterocycles. The molecule has 0 aliphatic heterocycles. The first kappa shape index (κ1) is 16.1. The van der Waals surface area contributed by atoms with Crippen LogP contribution in [0.25, 0.3) is 0 Å². The van der Waals surface area contributed by atoms with E-state index >= 15 is 0 Å². The van der Waals surface area contributed by atoms with Crippen molar-refractivity contribution in [3.05, 3.63) is 52.6 Å². The van der Waals surface area contributed by atoms with E-state index in [0.29, 0.717) is 18.0 Å². The van der Waals surface area contributed by atoms with Crippen LogP contribution in [0.5, 0.6) is 5.75 Å². The summed E-state index contributed by atoms with van der Waals surface area (Å²) in [6.45, 7) is 0.534. The number of aromatic nitrogens is 2. The highest BCUT2D eigenvalue weighted by atomic mass is 32.2. The number of amides is 1. The van der Waals surface area contributed by atoms with Gasteiger partial charge in [0.25, 0.3) is 0 Å². The molecular formula is C15H17N3O3S. The van der Waals surface area contributed by atoms with Gasteiger partial charge in [-0.1, -0.05) is 30.0 Å². The number of aromatic amines is 1. The van der Waals surface area contributed by atoms with Crippen molar-refractivity contribution in [2.24, 2.45) is 0 Å². The molecule has 0 unspecified atom stereocenters. The first-order chi connectivity index (χ1) is 10.7. The fourth-order valence-electron chi connectivity index (χ4n) is 1.88. The van der Waals surface area contributed by atoms with Gasteiger partial charge >= 0.3 is 5.69 Å². The molecular weight excluding hydrogens is 302 g/mol. The lowest BCUT2D eigenvalue weighted by Gasteiger charge is -2.09. The molecule has 0 aliphatic rings. The Labute approximate surface area is 132 Å². The molecule has 116 valence electrons. The Morgan fingerprint density at radius 2 is 2.18 bits per heavy atom. The molecule has 22 heavy (non-hydrogen) atoms. The van der Waals surface area contributed by atoms with Gasteiger partial charge in [-0.3, -0.25) is 4.79 Å². The monoisotopic (exact) mass is 319 g/mol. The van der Waals surface area contributed by atoms with Crippen LogP contribution in [0, 0.1) is 0 Å². The van der Waals surface area contributed by atoms with Crippen LogP contribution in [-0.4, -0.2) is 35.3 Å². The molecule has 0 bridgehead atoms. The van der Waals surface area contributed by atoms with Crippen LogP contribution >= 0.6 is 11.8 Å². The quantitative estimate of drug-likeness (QED) is 0.592. The van der Waals surface area contributed by atoms with Crippen molar-refractivity contribution in [2.75, 3.05) is 19.4 Å². The number of H-pyrrole nitrogens is 1. The number of thioether (sulfide) groups is 1. The average molecular weight is 319 g/mol. The number of nitrogens with one attached hydrogen (secondary N) is 2. The molecule has 0 radical (unpaired) electrons. The first-order valence-electron chi connectivity index (χ1n) is 6.76. The molecule has 0 saturated carbocycles. The second kappa shape index (κ2) is 8.23. The fourth-order valence-corrected chi connectivity index (χ4v) is 2.58. The standard InChI is InChI=1S/C15H17N3O3S/c1-21-12-5-3-2-4-11(12)6-8-16-13(19)10-22-14-7-9-17-15(20)18-14/h2-5,7,9H,6,8,10H2,1H3,(H,16,19)(H,17,18,20). The maximum Gasteiger partial charge on any atom is 0.345 e. The van der Waals surface area contributed by atoms with Crippen molar-refractivity contribution in [2.45, 2.75) is 11.4 Å². The lowest BCUT2D eigenvalue weighted by Crippen LogP contribution is -2.27. The van der Waals surface area contributed by atoms with Crippen molar-refractivity contribution in [3.8, 4) is 5.75 Å². The van der Waals surface area contributed by atoms with Crippen LogP contribution in [0.1, 0.15) is 5.56 Å². The molecule has 1 aromatic carbocycles. The van der Waals surface area contributed by atoms with E-state index in [-0.39, 0.29) is 11.7 Å². The van der Waals surface area contributed by atoms with E-state index in [0.717, 1.165) is 11.3 Å². The summed E-state index contributed by atoms with van der Waals surface area (Å²) in [6, 6.07) is 9.38. The maximum absolute atomic E-state index is 11.8. The number of para-hydroxylation sites is 1. The second-order valence-corrected chi connectivity index (χ2v) is 5.46. The van der Waals surface area contributed by atoms with Crippen LogP contribution in [0.4, 0.5) is 0 Å². The minimum absolute atomic E-state index is 0.0856. The molecule has 1 aromatic heterocycles. The van der Waals surface area contributed by atoms with E-state index in [1.807, 2.05) is 24.3 Å². The van der Waals surface area contributed by atoms with Crippen molar-refractivity contribution < 1.29 is 9.53 Å². The summed E-state index contributed by atoms with van der Waals surface area (Å²) in [5.41, 5.74) is 0.637. The number of carbonyl (C=O) groups is 1. The summed E-state index contributed by atoms with van der Waals surface area (Å²) in [4.78, 5) is 28.9. The zero-order valence-electron chi connectivity index (χ0n) is 12.2. The number of carbonyl (C=O) groups excluding carboxylic acids is 1. The van der Waals surface area contributed by atoms with Crippen molar-refractivity contribution in [1.82, 2.24) is 15.3 Å². The summed E-state index contributed by atoms with van der Waals surface area (Å²) < 4.78 is 5.26. The summed E-state index contributed by atoms with van der Waals surface area (Å²) in [6.07, 6.45) is 2.12. The van der Waals surface area contributed by atoms with E-state index in [2.05, 4.69) is 15.3 Å². The van der Waals surface area contributed by atoms with E-state index in [4.69, 9.17) is 4.74 Å². The highest BCUT2D eigenvalue weighted by Gasteiger charge is 2.05. The molecule has 0 fully saturated rings. The van der Waals surface area contributed by atoms with Gasteiger partial charge in [0, 0.05) is 12.7 Å². The number of methoxy groups -OCH3 is 1. The minimum Gasteiger partial charge on any atom is -0.496 e. The number of benzene rings is 1. The molecule has 2 rings (SSSR count). The molecule has 2 aromatic rings. The van der Waals surface area contributed by atoms with Crippen molar-refractivity contribution >= 4 is 17.7 Å². The van der Waals surface area contributed by atoms with Crippen LogP contribution < -0.4 is 15.7 Å². The summed E-state index contributed by atoms with van der Waals surface area (Å²) in [5, 5.41) is 3.47. The average Bonchev–Trinajstić information content (AvgIpc) is 2.53. The summed E-state index contributed by atoms with van der Waals surface area (Å²) in [7, 11) is 1.63. The van der Waals surface area contributed by atoms with Gasteiger partial charge in [-0.2, -0.15) is 0 Å². The smallest absolute Gasteiger partial charge is 0.345 e. The normalized spacial score (nSPS) is 10.2. The predicted molar refractivity (Wildman–Crippen MR) is 85.3 cm³/mol. The van der Waals surface area contributed by atoms with Gasteiger partial charge in [-0.15, -0.1) is 0 Å². The van der Waals surface area contributed by atoms with Crippen molar-refractivity contribution in [1.29, 1.82) is 0 Å². The number of rotatable bonds is 7. The molecule has 7 heteroatoms. The van der Waals surface area contributed by atoms with E-state index in [1.165, 1.54) is 18.0 Å². The lowest BCUT2D eigenvalue weighted by atomic mass is 10.1. The van der Waals surface area contributed by atoms with Gasteiger partial charge in [-0.25, -0.2) is 9.78 Å². The van der Waals surface area contributed by atoms with Gasteiger partial charge in [0.05, 0.1) is 17.9 Å². The lowest BCUT2D eigenvalue weighted by molar-refractivity contribution is -0.118. The van der Waals surface area contributed by atoms with Gasteiger partial charge in [-0.05, 0) is 24.1 Å². The van der Waals surface area contributed by atoms with Gasteiger partial charge in [0.2, 0.25) is 5.91 Å². The third-order valence-corrected chi connectivity index (χ3v) is 3.87. The maximum atomic E-state index is 11.8. The minimum atomic E-state index is -0.415. The Morgan fingerprint density at radius 1 is 1.36 bits per heavy atom. The van der Waals surface area contributed by atoms with Crippen LogP contribution in [0.15, 0.2) is 46.3 Å². The fraction of sp³-hybridized carbons (Fsp3) is 0.267. The Bertz CT molecular complexity index is 687. The molecule has 2 N–H and O–H groups in total. The SMILES string of the molecule is COc1ccccc1CCNC(=O)CSc1ccnc(=O)[nH]1. The van der Waals surface area contributed by atoms with Gasteiger partial charge in [0.15, 0.2) is 0 Å². The van der Waals surface area contributed by atoms with E-state index in [1.54, 1.807) is 13.2 Å². The molecule has 1 amide bonds. The molecule has 0 spiro atoms. The Morgan fingerprint density at radius 3 is 2.95 bits per heavy atom. The third-order valence-electron chi connectivity index (χ3n) is 2.92. The highest BCUT2D eigenvalue weighted by Crippen LogP contribution is 2.17. The first-order valence-corrected chi connectivity index (χ1v) is 7.74. The zero-order valence-corrected chi connectivity index (χ0v) is 13.0. The Hall–Kier alpha value is -2.28. The van der Waals surface area contributed by atoms with Crippen LogP contribution in [0.3, 0.4) is 0 Å². The molecule has 0 aliphatic carbocycles. The van der Waals surface area contributed by atoms with E-state index < -0.39 is 5.69 Å². The largest absolute Gasteiger partial charge is 0.496 e. The number of ether oxygens (including phenoxy) is 1. The predicted octanol–water partition coefficient (Wildman–Crippen LogP) is 1.23. The molecule has 6 nitrogen and oxygen atoms in total. The summed E-state index contributed by atoms with van der Waals surface area (Å²) >= 11 is 1.26. The zero-order chi connectivity index (χ0) is 15.8. The summed E-state index contributed by atoms with van der Waals surface area (Å²) in [5.74, 6) is 0.976. The van der Waals surface area contributed by atoms with E-state index in [9.17, 15) is 9.59 Å². The van der Waals surface area contributed by atoms with Crippen LogP contribution in [0.2, 0.25) is 0 Å². The second-order valence-electron chi connectivity index (χ2n) is 4.44. The van der Waals surface area contributed by atoms with Crippen molar-refractivity contribution in [3.63, 3.8) is 0 Å². The van der Waals surface area contributed by atoms with Gasteiger partial charge in [0.1, 0.15) is 5.75 Å². The Kier molecular flexibility index (Phi) is 6.02. The Balaban J connectivity index is 1.75. The number of nitrogens with zero attached hydrogens (tertiary/aromatic N) is 1.